The van der Waals surface area contributed by atoms with E-state index in [4.69, 9.17) is 23.7 Å². The number of carbonyl (C=O) groups is 1. The normalized spacial score (nSPS) is 14.8. The van der Waals surface area contributed by atoms with Gasteiger partial charge >= 0.3 is 6.09 Å². The van der Waals surface area contributed by atoms with Crippen LogP contribution in [0.25, 0.3) is 0 Å². The van der Waals surface area contributed by atoms with Gasteiger partial charge in [0, 0.05) is 31.8 Å². The summed E-state index contributed by atoms with van der Waals surface area (Å²) in [5.74, 6) is 1.38. The van der Waals surface area contributed by atoms with Crippen molar-refractivity contribution in [2.45, 2.75) is 0 Å². The van der Waals surface area contributed by atoms with E-state index in [1.54, 1.807) is 12.1 Å². The van der Waals surface area contributed by atoms with Crippen LogP contribution in [0.2, 0.25) is 0 Å². The zero-order valence-electron chi connectivity index (χ0n) is 14.3. The van der Waals surface area contributed by atoms with Crippen molar-refractivity contribution >= 4 is 11.8 Å². The molecule has 0 unspecified atom stereocenters. The average Bonchev–Trinajstić information content (AvgIpc) is 2.61. The molecule has 1 heterocycles. The third kappa shape index (κ3) is 4.90. The Labute approximate surface area is 141 Å². The van der Waals surface area contributed by atoms with Gasteiger partial charge in [0.05, 0.1) is 40.2 Å². The molecular weight excluding hydrogens is 316 g/mol. The topological polar surface area (TPSA) is 78.5 Å². The maximum absolute atomic E-state index is 11.9. The molecule has 0 bridgehead atoms. The molecular formula is C16H24N2O6. The standard InChI is InChI=1S/C16H24N2O6/c1-20-13-10-12(11-14(21-2)15(13)22-3)17-16(19)24-9-6-18-4-7-23-8-5-18/h10-11H,4-9H2,1-3H3,(H,17,19). The third-order valence-corrected chi connectivity index (χ3v) is 3.66. The van der Waals surface area contributed by atoms with Crippen molar-refractivity contribution in [1.82, 2.24) is 4.90 Å². The van der Waals surface area contributed by atoms with Crippen molar-refractivity contribution < 1.29 is 28.5 Å². The summed E-state index contributed by atoms with van der Waals surface area (Å²) in [6.07, 6.45) is -0.530. The Hall–Kier alpha value is -2.19. The first-order chi connectivity index (χ1) is 11.7. The molecule has 1 N–H and O–H groups in total. The third-order valence-electron chi connectivity index (χ3n) is 3.66. The van der Waals surface area contributed by atoms with Gasteiger partial charge in [-0.15, -0.1) is 0 Å². The SMILES string of the molecule is COc1cc(NC(=O)OCCN2CCOCC2)cc(OC)c1OC. The fourth-order valence-electron chi connectivity index (χ4n) is 2.40. The van der Waals surface area contributed by atoms with E-state index in [0.717, 1.165) is 26.3 Å². The van der Waals surface area contributed by atoms with Crippen LogP contribution in [0.1, 0.15) is 0 Å². The second-order valence-electron chi connectivity index (χ2n) is 5.13. The van der Waals surface area contributed by atoms with Gasteiger partial charge in [-0.3, -0.25) is 10.2 Å². The van der Waals surface area contributed by atoms with Gasteiger partial charge in [0.2, 0.25) is 5.75 Å². The van der Waals surface area contributed by atoms with Gasteiger partial charge in [-0.2, -0.15) is 0 Å². The minimum atomic E-state index is -0.530. The Morgan fingerprint density at radius 1 is 1.12 bits per heavy atom. The van der Waals surface area contributed by atoms with Crippen LogP contribution in [0.4, 0.5) is 10.5 Å². The van der Waals surface area contributed by atoms with Crippen LogP contribution in [0.3, 0.4) is 0 Å². The minimum absolute atomic E-state index is 0.316. The molecule has 0 saturated carbocycles. The number of carbonyl (C=O) groups excluding carboxylic acids is 1. The molecule has 8 nitrogen and oxygen atoms in total. The van der Waals surface area contributed by atoms with E-state index in [1.807, 2.05) is 0 Å². The van der Waals surface area contributed by atoms with Crippen molar-refractivity contribution in [3.05, 3.63) is 12.1 Å². The van der Waals surface area contributed by atoms with E-state index in [2.05, 4.69) is 10.2 Å². The molecule has 24 heavy (non-hydrogen) atoms. The maximum Gasteiger partial charge on any atom is 0.411 e. The number of rotatable bonds is 7. The summed E-state index contributed by atoms with van der Waals surface area (Å²) < 4.78 is 26.2. The summed E-state index contributed by atoms with van der Waals surface area (Å²) in [5.41, 5.74) is 0.501. The predicted molar refractivity (Wildman–Crippen MR) is 88.3 cm³/mol. The van der Waals surface area contributed by atoms with Crippen LogP contribution >= 0.6 is 0 Å². The lowest BCUT2D eigenvalue weighted by atomic mass is 10.2. The number of hydrogen-bond acceptors (Lipinski definition) is 7. The van der Waals surface area contributed by atoms with Crippen molar-refractivity contribution in [3.63, 3.8) is 0 Å². The van der Waals surface area contributed by atoms with E-state index in [-0.39, 0.29) is 0 Å². The lowest BCUT2D eigenvalue weighted by molar-refractivity contribution is 0.0290. The summed E-state index contributed by atoms with van der Waals surface area (Å²) in [6, 6.07) is 3.29. The van der Waals surface area contributed by atoms with E-state index in [9.17, 15) is 4.79 Å². The highest BCUT2D eigenvalue weighted by atomic mass is 16.6. The highest BCUT2D eigenvalue weighted by Gasteiger charge is 2.15. The highest BCUT2D eigenvalue weighted by Crippen LogP contribution is 2.39. The molecule has 1 fully saturated rings. The van der Waals surface area contributed by atoms with Crippen LogP contribution in [0.5, 0.6) is 17.2 Å². The molecule has 1 aliphatic heterocycles. The molecule has 1 amide bonds. The van der Waals surface area contributed by atoms with Gasteiger partial charge in [0.1, 0.15) is 6.61 Å². The Morgan fingerprint density at radius 3 is 2.29 bits per heavy atom. The van der Waals surface area contributed by atoms with Crippen molar-refractivity contribution in [2.75, 3.05) is 66.1 Å². The molecule has 0 aromatic heterocycles. The Morgan fingerprint density at radius 2 is 1.75 bits per heavy atom. The van der Waals surface area contributed by atoms with E-state index < -0.39 is 6.09 Å². The van der Waals surface area contributed by atoms with Gasteiger partial charge < -0.3 is 23.7 Å². The Balaban J connectivity index is 1.88. The van der Waals surface area contributed by atoms with Crippen molar-refractivity contribution in [3.8, 4) is 17.2 Å². The smallest absolute Gasteiger partial charge is 0.411 e. The molecule has 0 radical (unpaired) electrons. The summed E-state index contributed by atoms with van der Waals surface area (Å²) in [7, 11) is 4.55. The molecule has 1 saturated heterocycles. The fourth-order valence-corrected chi connectivity index (χ4v) is 2.40. The monoisotopic (exact) mass is 340 g/mol. The molecule has 134 valence electrons. The summed E-state index contributed by atoms with van der Waals surface area (Å²) in [4.78, 5) is 14.1. The van der Waals surface area contributed by atoms with E-state index in [0.29, 0.717) is 36.1 Å². The van der Waals surface area contributed by atoms with Gasteiger partial charge in [0.15, 0.2) is 11.5 Å². The first-order valence-corrected chi connectivity index (χ1v) is 7.71. The minimum Gasteiger partial charge on any atom is -0.493 e. The predicted octanol–water partition coefficient (Wildman–Crippen LogP) is 1.59. The average molecular weight is 340 g/mol. The number of hydrogen-bond donors (Lipinski definition) is 1. The number of amides is 1. The molecule has 0 spiro atoms. The van der Waals surface area contributed by atoms with Gasteiger partial charge in [-0.25, -0.2) is 4.79 Å². The van der Waals surface area contributed by atoms with Crippen LogP contribution in [0, 0.1) is 0 Å². The molecule has 8 heteroatoms. The van der Waals surface area contributed by atoms with Gasteiger partial charge in [0.25, 0.3) is 0 Å². The van der Waals surface area contributed by atoms with Crippen molar-refractivity contribution in [2.24, 2.45) is 0 Å². The number of benzene rings is 1. The lowest BCUT2D eigenvalue weighted by Gasteiger charge is -2.26. The maximum atomic E-state index is 11.9. The van der Waals surface area contributed by atoms with Crippen molar-refractivity contribution in [1.29, 1.82) is 0 Å². The second kappa shape index (κ2) is 9.19. The second-order valence-corrected chi connectivity index (χ2v) is 5.13. The summed E-state index contributed by atoms with van der Waals surface area (Å²) >= 11 is 0. The Kier molecular flexibility index (Phi) is 6.95. The van der Waals surface area contributed by atoms with Gasteiger partial charge in [-0.05, 0) is 0 Å². The zero-order chi connectivity index (χ0) is 17.4. The zero-order valence-corrected chi connectivity index (χ0v) is 14.3. The lowest BCUT2D eigenvalue weighted by Crippen LogP contribution is -2.38. The summed E-state index contributed by atoms with van der Waals surface area (Å²) in [5, 5.41) is 2.66. The number of morpholine rings is 1. The van der Waals surface area contributed by atoms with Crippen LogP contribution in [-0.2, 0) is 9.47 Å². The largest absolute Gasteiger partial charge is 0.493 e. The molecule has 1 aromatic carbocycles. The number of nitrogens with zero attached hydrogens (tertiary/aromatic N) is 1. The number of methoxy groups -OCH3 is 3. The van der Waals surface area contributed by atoms with E-state index >= 15 is 0 Å². The number of nitrogens with one attached hydrogen (secondary N) is 1. The van der Waals surface area contributed by atoms with E-state index in [1.165, 1.54) is 21.3 Å². The van der Waals surface area contributed by atoms with Crippen LogP contribution in [-0.4, -0.2) is 71.8 Å². The number of anilines is 1. The van der Waals surface area contributed by atoms with Crippen LogP contribution in [0.15, 0.2) is 12.1 Å². The van der Waals surface area contributed by atoms with Crippen LogP contribution < -0.4 is 19.5 Å². The molecule has 2 rings (SSSR count). The van der Waals surface area contributed by atoms with Gasteiger partial charge in [-0.1, -0.05) is 0 Å². The fraction of sp³-hybridized carbons (Fsp3) is 0.562. The molecule has 1 aliphatic rings. The first kappa shape index (κ1) is 18.2. The Bertz CT molecular complexity index is 520. The molecule has 0 atom stereocenters. The first-order valence-electron chi connectivity index (χ1n) is 7.71. The highest BCUT2D eigenvalue weighted by molar-refractivity contribution is 5.86. The molecule has 1 aromatic rings. The molecule has 0 aliphatic carbocycles. The number of ether oxygens (including phenoxy) is 5. The quantitative estimate of drug-likeness (QED) is 0.807. The summed E-state index contributed by atoms with van der Waals surface area (Å²) in [6.45, 7) is 4.16.